The van der Waals surface area contributed by atoms with E-state index in [4.69, 9.17) is 16.3 Å². The highest BCUT2D eigenvalue weighted by atomic mass is 79.9. The fraction of sp³-hybridized carbons (Fsp3) is 0.333. The molecule has 0 saturated heterocycles. The lowest BCUT2D eigenvalue weighted by Crippen LogP contribution is -2.14. The lowest BCUT2D eigenvalue weighted by Gasteiger charge is -2.23. The van der Waals surface area contributed by atoms with Crippen molar-refractivity contribution in [3.05, 3.63) is 45.8 Å². The number of benzene rings is 1. The van der Waals surface area contributed by atoms with Crippen LogP contribution in [-0.2, 0) is 5.41 Å². The van der Waals surface area contributed by atoms with Gasteiger partial charge in [-0.3, -0.25) is 0 Å². The second-order valence-corrected chi connectivity index (χ2v) is 6.30. The van der Waals surface area contributed by atoms with E-state index in [-0.39, 0.29) is 5.41 Å². The van der Waals surface area contributed by atoms with Crippen LogP contribution in [0, 0.1) is 0 Å². The van der Waals surface area contributed by atoms with Crippen molar-refractivity contribution in [2.75, 3.05) is 0 Å². The summed E-state index contributed by atoms with van der Waals surface area (Å²) >= 11 is 9.22. The van der Waals surface area contributed by atoms with Crippen LogP contribution in [0.1, 0.15) is 32.8 Å². The standard InChI is InChI=1S/C15H16BrClN2O/c1-4-15(2,3)10-5-7-11(8-6-10)20-14-12(16)13(17)18-9-19-14/h5-9H,4H2,1-3H3. The number of aromatic nitrogens is 2. The van der Waals surface area contributed by atoms with E-state index in [1.807, 2.05) is 12.1 Å². The van der Waals surface area contributed by atoms with Gasteiger partial charge in [-0.1, -0.05) is 44.5 Å². The van der Waals surface area contributed by atoms with Gasteiger partial charge >= 0.3 is 0 Å². The molecule has 2 aromatic rings. The van der Waals surface area contributed by atoms with Gasteiger partial charge in [0.05, 0.1) is 0 Å². The maximum absolute atomic E-state index is 5.91. The first-order valence-electron chi connectivity index (χ1n) is 6.38. The third kappa shape index (κ3) is 3.30. The third-order valence-corrected chi connectivity index (χ3v) is 4.68. The summed E-state index contributed by atoms with van der Waals surface area (Å²) < 4.78 is 6.26. The van der Waals surface area contributed by atoms with Crippen LogP contribution >= 0.6 is 27.5 Å². The van der Waals surface area contributed by atoms with E-state index in [2.05, 4.69) is 58.8 Å². The molecule has 1 aromatic carbocycles. The minimum atomic E-state index is 0.164. The second kappa shape index (κ2) is 6.10. The molecular formula is C15H16BrClN2O. The van der Waals surface area contributed by atoms with E-state index in [1.165, 1.54) is 11.9 Å². The molecule has 0 aliphatic carbocycles. The molecule has 2 rings (SSSR count). The SMILES string of the molecule is CCC(C)(C)c1ccc(Oc2ncnc(Cl)c2Br)cc1. The highest BCUT2D eigenvalue weighted by Crippen LogP contribution is 2.33. The van der Waals surface area contributed by atoms with Crippen molar-refractivity contribution in [2.24, 2.45) is 0 Å². The molecule has 0 fully saturated rings. The monoisotopic (exact) mass is 354 g/mol. The molecule has 0 saturated carbocycles. The number of nitrogens with zero attached hydrogens (tertiary/aromatic N) is 2. The summed E-state index contributed by atoms with van der Waals surface area (Å²) in [7, 11) is 0. The summed E-state index contributed by atoms with van der Waals surface area (Å²) in [6.45, 7) is 6.64. The van der Waals surface area contributed by atoms with E-state index in [9.17, 15) is 0 Å². The third-order valence-electron chi connectivity index (χ3n) is 3.45. The van der Waals surface area contributed by atoms with E-state index in [0.29, 0.717) is 15.5 Å². The lowest BCUT2D eigenvalue weighted by molar-refractivity contribution is 0.456. The summed E-state index contributed by atoms with van der Waals surface area (Å²) in [6, 6.07) is 8.04. The number of ether oxygens (including phenoxy) is 1. The van der Waals surface area contributed by atoms with E-state index >= 15 is 0 Å². The molecule has 20 heavy (non-hydrogen) atoms. The molecule has 0 amide bonds. The van der Waals surface area contributed by atoms with Crippen molar-refractivity contribution < 1.29 is 4.74 Å². The predicted octanol–water partition coefficient (Wildman–Crippen LogP) is 5.37. The van der Waals surface area contributed by atoms with Crippen molar-refractivity contribution in [3.8, 4) is 11.6 Å². The summed E-state index contributed by atoms with van der Waals surface area (Å²) in [6.07, 6.45) is 2.46. The molecule has 0 radical (unpaired) electrons. The van der Waals surface area contributed by atoms with Gasteiger partial charge < -0.3 is 4.74 Å². The first-order chi connectivity index (χ1) is 9.44. The van der Waals surface area contributed by atoms with Crippen molar-refractivity contribution in [1.29, 1.82) is 0 Å². The largest absolute Gasteiger partial charge is 0.438 e. The van der Waals surface area contributed by atoms with Gasteiger partial charge in [0.1, 0.15) is 16.5 Å². The van der Waals surface area contributed by atoms with Gasteiger partial charge in [0.15, 0.2) is 5.15 Å². The van der Waals surface area contributed by atoms with E-state index in [0.717, 1.165) is 12.2 Å². The van der Waals surface area contributed by atoms with Gasteiger partial charge in [0.25, 0.3) is 0 Å². The smallest absolute Gasteiger partial charge is 0.238 e. The normalized spacial score (nSPS) is 11.4. The maximum Gasteiger partial charge on any atom is 0.238 e. The van der Waals surface area contributed by atoms with Crippen LogP contribution in [0.15, 0.2) is 35.1 Å². The zero-order chi connectivity index (χ0) is 14.8. The van der Waals surface area contributed by atoms with Crippen LogP contribution in [0.25, 0.3) is 0 Å². The predicted molar refractivity (Wildman–Crippen MR) is 84.6 cm³/mol. The minimum Gasteiger partial charge on any atom is -0.438 e. The quantitative estimate of drug-likeness (QED) is 0.691. The number of rotatable bonds is 4. The molecule has 0 N–H and O–H groups in total. The Morgan fingerprint density at radius 1 is 1.20 bits per heavy atom. The molecular weight excluding hydrogens is 340 g/mol. The average Bonchev–Trinajstić information content (AvgIpc) is 2.44. The maximum atomic E-state index is 5.91. The fourth-order valence-electron chi connectivity index (χ4n) is 1.69. The van der Waals surface area contributed by atoms with Crippen LogP contribution in [0.4, 0.5) is 0 Å². The molecule has 0 atom stereocenters. The highest BCUT2D eigenvalue weighted by molar-refractivity contribution is 9.10. The Morgan fingerprint density at radius 3 is 2.45 bits per heavy atom. The lowest BCUT2D eigenvalue weighted by atomic mass is 9.82. The molecule has 5 heteroatoms. The van der Waals surface area contributed by atoms with Crippen molar-refractivity contribution in [3.63, 3.8) is 0 Å². The molecule has 0 aliphatic heterocycles. The summed E-state index contributed by atoms with van der Waals surface area (Å²) in [5.74, 6) is 1.13. The van der Waals surface area contributed by atoms with Crippen LogP contribution in [-0.4, -0.2) is 9.97 Å². The number of hydrogen-bond acceptors (Lipinski definition) is 3. The van der Waals surface area contributed by atoms with Crippen LogP contribution in [0.5, 0.6) is 11.6 Å². The summed E-state index contributed by atoms with van der Waals surface area (Å²) in [5, 5.41) is 0.332. The zero-order valence-corrected chi connectivity index (χ0v) is 14.0. The van der Waals surface area contributed by atoms with Crippen LogP contribution in [0.2, 0.25) is 5.15 Å². The van der Waals surface area contributed by atoms with Crippen LogP contribution < -0.4 is 4.74 Å². The molecule has 3 nitrogen and oxygen atoms in total. The topological polar surface area (TPSA) is 35.0 Å². The Hall–Kier alpha value is -1.13. The van der Waals surface area contributed by atoms with E-state index in [1.54, 1.807) is 0 Å². The highest BCUT2D eigenvalue weighted by Gasteiger charge is 2.18. The zero-order valence-electron chi connectivity index (χ0n) is 11.7. The molecule has 0 bridgehead atoms. The Balaban J connectivity index is 2.21. The average molecular weight is 356 g/mol. The Morgan fingerprint density at radius 2 is 1.85 bits per heavy atom. The van der Waals surface area contributed by atoms with Gasteiger partial charge in [-0.2, -0.15) is 0 Å². The Kier molecular flexibility index (Phi) is 4.66. The van der Waals surface area contributed by atoms with Gasteiger partial charge in [0, 0.05) is 0 Å². The molecule has 106 valence electrons. The van der Waals surface area contributed by atoms with Gasteiger partial charge in [-0.25, -0.2) is 9.97 Å². The van der Waals surface area contributed by atoms with Gasteiger partial charge in [0.2, 0.25) is 5.88 Å². The number of halogens is 2. The fourth-order valence-corrected chi connectivity index (χ4v) is 2.10. The number of hydrogen-bond donors (Lipinski definition) is 0. The second-order valence-electron chi connectivity index (χ2n) is 5.15. The minimum absolute atomic E-state index is 0.164. The molecule has 1 heterocycles. The first kappa shape index (κ1) is 15.3. The summed E-state index contributed by atoms with van der Waals surface area (Å²) in [4.78, 5) is 7.92. The Bertz CT molecular complexity index is 599. The molecule has 0 aliphatic rings. The molecule has 1 aromatic heterocycles. The van der Waals surface area contributed by atoms with Crippen molar-refractivity contribution in [1.82, 2.24) is 9.97 Å². The summed E-state index contributed by atoms with van der Waals surface area (Å²) in [5.41, 5.74) is 1.45. The Labute approximate surface area is 132 Å². The first-order valence-corrected chi connectivity index (χ1v) is 7.55. The molecule has 0 spiro atoms. The molecule has 0 unspecified atom stereocenters. The van der Waals surface area contributed by atoms with Crippen molar-refractivity contribution >= 4 is 27.5 Å². The van der Waals surface area contributed by atoms with Crippen LogP contribution in [0.3, 0.4) is 0 Å². The van der Waals surface area contributed by atoms with E-state index < -0.39 is 0 Å². The van der Waals surface area contributed by atoms with Crippen molar-refractivity contribution in [2.45, 2.75) is 32.6 Å². The van der Waals surface area contributed by atoms with Gasteiger partial charge in [-0.15, -0.1) is 0 Å². The van der Waals surface area contributed by atoms with Gasteiger partial charge in [-0.05, 0) is 45.5 Å².